The number of aryl methyl sites for hydroxylation is 1. The van der Waals surface area contributed by atoms with Crippen molar-refractivity contribution in [2.24, 2.45) is 13.0 Å². The second-order valence-electron chi connectivity index (χ2n) is 7.04. The van der Waals surface area contributed by atoms with Crippen LogP contribution in [-0.4, -0.2) is 20.9 Å². The predicted octanol–water partition coefficient (Wildman–Crippen LogP) is 3.80. The van der Waals surface area contributed by atoms with E-state index in [0.29, 0.717) is 11.8 Å². The first-order valence-electron chi connectivity index (χ1n) is 9.00. The van der Waals surface area contributed by atoms with E-state index in [2.05, 4.69) is 83.7 Å². The topological polar surface area (TPSA) is 34.8 Å². The molecule has 0 aliphatic carbocycles. The zero-order valence-electron chi connectivity index (χ0n) is 15.4. The third-order valence-electron chi connectivity index (χ3n) is 4.76. The molecule has 0 spiro atoms. The van der Waals surface area contributed by atoms with Gasteiger partial charge < -0.3 is 9.88 Å². The third-order valence-corrected chi connectivity index (χ3v) is 4.76. The molecule has 2 heterocycles. The van der Waals surface area contributed by atoms with Crippen molar-refractivity contribution in [3.05, 3.63) is 77.9 Å². The molecule has 1 atom stereocenters. The molecule has 3 aromatic rings. The highest BCUT2D eigenvalue weighted by Gasteiger charge is 2.18. The van der Waals surface area contributed by atoms with Crippen molar-refractivity contribution in [1.82, 2.24) is 19.7 Å². The Kier molecular flexibility index (Phi) is 5.71. The standard InChI is InChI=1S/C21H28N4/c1-17(2)20(21-9-11-23-24(21)3)14-22-13-19-10-12-25(16-19)15-18-7-5-4-6-8-18/h4-12,16-17,20,22H,13-15H2,1-3H3. The maximum absolute atomic E-state index is 4.31. The van der Waals surface area contributed by atoms with Crippen LogP contribution in [0.5, 0.6) is 0 Å². The van der Waals surface area contributed by atoms with Crippen LogP contribution in [0, 0.1) is 5.92 Å². The van der Waals surface area contributed by atoms with Gasteiger partial charge in [0.25, 0.3) is 0 Å². The van der Waals surface area contributed by atoms with Crippen molar-refractivity contribution >= 4 is 0 Å². The van der Waals surface area contributed by atoms with Crippen LogP contribution in [0.15, 0.2) is 61.1 Å². The third kappa shape index (κ3) is 4.60. The van der Waals surface area contributed by atoms with E-state index in [1.54, 1.807) is 0 Å². The van der Waals surface area contributed by atoms with E-state index in [0.717, 1.165) is 19.6 Å². The lowest BCUT2D eigenvalue weighted by Gasteiger charge is -2.21. The predicted molar refractivity (Wildman–Crippen MR) is 102 cm³/mol. The summed E-state index contributed by atoms with van der Waals surface area (Å²) in [6.45, 7) is 7.32. The summed E-state index contributed by atoms with van der Waals surface area (Å²) in [4.78, 5) is 0. The minimum atomic E-state index is 0.471. The van der Waals surface area contributed by atoms with Crippen LogP contribution < -0.4 is 5.32 Å². The van der Waals surface area contributed by atoms with Crippen molar-refractivity contribution in [3.63, 3.8) is 0 Å². The maximum Gasteiger partial charge on any atom is 0.0492 e. The van der Waals surface area contributed by atoms with Crippen molar-refractivity contribution in [2.75, 3.05) is 6.54 Å². The fourth-order valence-corrected chi connectivity index (χ4v) is 3.29. The van der Waals surface area contributed by atoms with Crippen LogP contribution in [0.4, 0.5) is 0 Å². The van der Waals surface area contributed by atoms with Gasteiger partial charge in [-0.25, -0.2) is 0 Å². The van der Waals surface area contributed by atoms with E-state index >= 15 is 0 Å². The van der Waals surface area contributed by atoms with Gasteiger partial charge in [-0.1, -0.05) is 44.2 Å². The molecule has 1 aromatic carbocycles. The molecule has 0 bridgehead atoms. The molecule has 4 heteroatoms. The zero-order chi connectivity index (χ0) is 17.6. The molecule has 0 aliphatic rings. The van der Waals surface area contributed by atoms with Crippen LogP contribution in [0.1, 0.15) is 36.6 Å². The maximum atomic E-state index is 4.31. The second-order valence-corrected chi connectivity index (χ2v) is 7.04. The zero-order valence-corrected chi connectivity index (χ0v) is 15.4. The first kappa shape index (κ1) is 17.5. The van der Waals surface area contributed by atoms with Crippen LogP contribution in [0.3, 0.4) is 0 Å². The Balaban J connectivity index is 1.54. The van der Waals surface area contributed by atoms with Gasteiger partial charge in [-0.15, -0.1) is 0 Å². The van der Waals surface area contributed by atoms with Gasteiger partial charge in [0.05, 0.1) is 0 Å². The van der Waals surface area contributed by atoms with E-state index in [1.165, 1.54) is 16.8 Å². The molecule has 0 fully saturated rings. The van der Waals surface area contributed by atoms with Gasteiger partial charge in [0, 0.05) is 56.9 Å². The Labute approximate surface area is 150 Å². The van der Waals surface area contributed by atoms with Crippen LogP contribution in [0.25, 0.3) is 0 Å². The Morgan fingerprint density at radius 2 is 1.84 bits per heavy atom. The van der Waals surface area contributed by atoms with Gasteiger partial charge in [-0.2, -0.15) is 5.10 Å². The molecule has 0 saturated heterocycles. The van der Waals surface area contributed by atoms with E-state index in [-0.39, 0.29) is 0 Å². The summed E-state index contributed by atoms with van der Waals surface area (Å²) >= 11 is 0. The molecule has 4 nitrogen and oxygen atoms in total. The number of nitrogens with zero attached hydrogens (tertiary/aromatic N) is 3. The van der Waals surface area contributed by atoms with Gasteiger partial charge in [0.15, 0.2) is 0 Å². The molecule has 132 valence electrons. The average Bonchev–Trinajstić information content (AvgIpc) is 3.21. The second kappa shape index (κ2) is 8.17. The molecule has 1 unspecified atom stereocenters. The first-order chi connectivity index (χ1) is 12.1. The number of nitrogens with one attached hydrogen (secondary N) is 1. The highest BCUT2D eigenvalue weighted by Crippen LogP contribution is 2.23. The molecule has 0 aliphatic heterocycles. The summed E-state index contributed by atoms with van der Waals surface area (Å²) in [6, 6.07) is 14.9. The Morgan fingerprint density at radius 1 is 1.04 bits per heavy atom. The number of hydrogen-bond donors (Lipinski definition) is 1. The first-order valence-corrected chi connectivity index (χ1v) is 9.00. The quantitative estimate of drug-likeness (QED) is 0.679. The minimum absolute atomic E-state index is 0.471. The molecular weight excluding hydrogens is 308 g/mol. The van der Waals surface area contributed by atoms with Crippen molar-refractivity contribution in [1.29, 1.82) is 0 Å². The van der Waals surface area contributed by atoms with Gasteiger partial charge in [-0.05, 0) is 29.2 Å². The lowest BCUT2D eigenvalue weighted by Crippen LogP contribution is -2.26. The molecule has 3 rings (SSSR count). The summed E-state index contributed by atoms with van der Waals surface area (Å²) in [7, 11) is 2.02. The van der Waals surface area contributed by atoms with E-state index < -0.39 is 0 Å². The number of aromatic nitrogens is 3. The molecular formula is C21H28N4. The number of benzene rings is 1. The molecule has 0 radical (unpaired) electrons. The smallest absolute Gasteiger partial charge is 0.0492 e. The average molecular weight is 336 g/mol. The van der Waals surface area contributed by atoms with Crippen LogP contribution in [-0.2, 0) is 20.1 Å². The van der Waals surface area contributed by atoms with E-state index in [9.17, 15) is 0 Å². The van der Waals surface area contributed by atoms with Gasteiger partial charge in [0.1, 0.15) is 0 Å². The lowest BCUT2D eigenvalue weighted by molar-refractivity contribution is 0.437. The van der Waals surface area contributed by atoms with Gasteiger partial charge in [-0.3, -0.25) is 4.68 Å². The Bertz CT molecular complexity index is 770. The number of rotatable bonds is 8. The minimum Gasteiger partial charge on any atom is -0.350 e. The largest absolute Gasteiger partial charge is 0.350 e. The monoisotopic (exact) mass is 336 g/mol. The van der Waals surface area contributed by atoms with E-state index in [4.69, 9.17) is 0 Å². The molecule has 25 heavy (non-hydrogen) atoms. The SMILES string of the molecule is CC(C)C(CNCc1ccn(Cc2ccccc2)c1)c1ccnn1C. The summed E-state index contributed by atoms with van der Waals surface area (Å²) < 4.78 is 4.23. The Hall–Kier alpha value is -2.33. The normalized spacial score (nSPS) is 12.6. The lowest BCUT2D eigenvalue weighted by atomic mass is 9.92. The fourth-order valence-electron chi connectivity index (χ4n) is 3.29. The molecule has 2 aromatic heterocycles. The molecule has 1 N–H and O–H groups in total. The molecule has 0 amide bonds. The number of hydrogen-bond acceptors (Lipinski definition) is 2. The Morgan fingerprint density at radius 3 is 2.52 bits per heavy atom. The highest BCUT2D eigenvalue weighted by molar-refractivity contribution is 5.17. The van der Waals surface area contributed by atoms with Crippen molar-refractivity contribution < 1.29 is 0 Å². The van der Waals surface area contributed by atoms with Crippen molar-refractivity contribution in [2.45, 2.75) is 32.9 Å². The summed E-state index contributed by atoms with van der Waals surface area (Å²) in [5, 5.41) is 7.94. The molecule has 0 saturated carbocycles. The summed E-state index contributed by atoms with van der Waals surface area (Å²) in [6.07, 6.45) is 6.27. The highest BCUT2D eigenvalue weighted by atomic mass is 15.3. The van der Waals surface area contributed by atoms with Gasteiger partial charge in [0.2, 0.25) is 0 Å². The van der Waals surface area contributed by atoms with Crippen LogP contribution >= 0.6 is 0 Å². The summed E-state index contributed by atoms with van der Waals surface area (Å²) in [5.74, 6) is 1.05. The van der Waals surface area contributed by atoms with Crippen LogP contribution in [0.2, 0.25) is 0 Å². The fraction of sp³-hybridized carbons (Fsp3) is 0.381. The summed E-state index contributed by atoms with van der Waals surface area (Å²) in [5.41, 5.74) is 3.95. The van der Waals surface area contributed by atoms with Crippen molar-refractivity contribution in [3.8, 4) is 0 Å². The van der Waals surface area contributed by atoms with Gasteiger partial charge >= 0.3 is 0 Å². The van der Waals surface area contributed by atoms with E-state index in [1.807, 2.05) is 17.9 Å².